The highest BCUT2D eigenvalue weighted by atomic mass is 19.1. The number of aryl methyl sites for hydroxylation is 1. The summed E-state index contributed by atoms with van der Waals surface area (Å²) in [5, 5.41) is 2.54. The van der Waals surface area contributed by atoms with Crippen LogP contribution in [0.4, 0.5) is 20.2 Å². The summed E-state index contributed by atoms with van der Waals surface area (Å²) >= 11 is 0. The molecule has 9 nitrogen and oxygen atoms in total. The van der Waals surface area contributed by atoms with Crippen LogP contribution < -0.4 is 26.2 Å². The van der Waals surface area contributed by atoms with Crippen molar-refractivity contribution in [3.8, 4) is 17.2 Å². The normalized spacial score (nSPS) is 13.4. The summed E-state index contributed by atoms with van der Waals surface area (Å²) < 4.78 is 35.7. The lowest BCUT2D eigenvalue weighted by Gasteiger charge is -2.28. The third-order valence-corrected chi connectivity index (χ3v) is 6.82. The summed E-state index contributed by atoms with van der Waals surface area (Å²) in [5.41, 5.74) is 6.92. The van der Waals surface area contributed by atoms with Crippen LogP contribution in [0.3, 0.4) is 0 Å². The van der Waals surface area contributed by atoms with Gasteiger partial charge in [0.1, 0.15) is 22.9 Å². The monoisotopic (exact) mass is 571 g/mol. The van der Waals surface area contributed by atoms with Crippen molar-refractivity contribution in [2.45, 2.75) is 19.8 Å². The SMILES string of the molecule is Cc1ccc(C(=O)Nc2ccc(Oc3cc(N4CCC(=O)CC4)cnc3C=CN)c(F)c2)c(=O)n1-c1ccc(F)cc1. The molecule has 0 bridgehead atoms. The van der Waals surface area contributed by atoms with E-state index in [0.717, 1.165) is 11.8 Å². The number of Topliss-reactive ketones (excluding diaryl/α,β-unsaturated/α-hetero) is 1. The number of nitrogens with two attached hydrogens (primary N) is 1. The van der Waals surface area contributed by atoms with E-state index in [4.69, 9.17) is 10.5 Å². The zero-order valence-electron chi connectivity index (χ0n) is 22.6. The van der Waals surface area contributed by atoms with Gasteiger partial charge >= 0.3 is 0 Å². The largest absolute Gasteiger partial charge is 0.452 e. The van der Waals surface area contributed by atoms with Crippen molar-refractivity contribution in [2.75, 3.05) is 23.3 Å². The Hall–Kier alpha value is -5.32. The molecule has 1 saturated heterocycles. The Balaban J connectivity index is 1.36. The number of nitrogens with one attached hydrogen (secondary N) is 1. The van der Waals surface area contributed by atoms with E-state index >= 15 is 4.39 Å². The number of pyridine rings is 2. The summed E-state index contributed by atoms with van der Waals surface area (Å²) in [7, 11) is 0. The second-order valence-electron chi connectivity index (χ2n) is 9.67. The van der Waals surface area contributed by atoms with E-state index in [0.29, 0.717) is 43.0 Å². The zero-order chi connectivity index (χ0) is 29.8. The Morgan fingerprint density at radius 2 is 1.71 bits per heavy atom. The van der Waals surface area contributed by atoms with Crippen molar-refractivity contribution in [2.24, 2.45) is 5.73 Å². The van der Waals surface area contributed by atoms with Crippen LogP contribution in [-0.2, 0) is 4.79 Å². The topological polar surface area (TPSA) is 120 Å². The number of ether oxygens (including phenoxy) is 1. The first-order valence-electron chi connectivity index (χ1n) is 13.2. The number of benzene rings is 2. The Labute approximate surface area is 239 Å². The molecule has 1 fully saturated rings. The fourth-order valence-electron chi connectivity index (χ4n) is 4.62. The maximum Gasteiger partial charge on any atom is 0.268 e. The van der Waals surface area contributed by atoms with Gasteiger partial charge in [0.05, 0.1) is 11.9 Å². The van der Waals surface area contributed by atoms with Gasteiger partial charge in [-0.2, -0.15) is 0 Å². The molecule has 214 valence electrons. The Morgan fingerprint density at radius 3 is 2.40 bits per heavy atom. The second-order valence-corrected chi connectivity index (χ2v) is 9.67. The van der Waals surface area contributed by atoms with E-state index in [1.165, 1.54) is 59.3 Å². The average molecular weight is 572 g/mol. The van der Waals surface area contributed by atoms with Crippen LogP contribution >= 0.6 is 0 Å². The molecule has 42 heavy (non-hydrogen) atoms. The predicted octanol–water partition coefficient (Wildman–Crippen LogP) is 4.96. The van der Waals surface area contributed by atoms with E-state index in [1.54, 1.807) is 25.3 Å². The minimum atomic E-state index is -0.767. The van der Waals surface area contributed by atoms with Gasteiger partial charge in [0.15, 0.2) is 17.3 Å². The van der Waals surface area contributed by atoms with E-state index in [9.17, 15) is 18.8 Å². The summed E-state index contributed by atoms with van der Waals surface area (Å²) in [6.07, 6.45) is 5.32. The third-order valence-electron chi connectivity index (χ3n) is 6.82. The Morgan fingerprint density at radius 1 is 0.976 bits per heavy atom. The molecule has 3 heterocycles. The van der Waals surface area contributed by atoms with Gasteiger partial charge in [-0.3, -0.25) is 23.9 Å². The lowest BCUT2D eigenvalue weighted by molar-refractivity contribution is -0.119. The zero-order valence-corrected chi connectivity index (χ0v) is 22.6. The Kier molecular flexibility index (Phi) is 8.09. The summed E-state index contributed by atoms with van der Waals surface area (Å²) in [4.78, 5) is 44.2. The molecular formula is C31H27F2N5O4. The van der Waals surface area contributed by atoms with Crippen LogP contribution in [0.5, 0.6) is 11.5 Å². The lowest BCUT2D eigenvalue weighted by atomic mass is 10.1. The molecule has 1 aliphatic rings. The molecule has 0 atom stereocenters. The molecular weight excluding hydrogens is 544 g/mol. The molecule has 0 aliphatic carbocycles. The van der Waals surface area contributed by atoms with E-state index in [2.05, 4.69) is 10.3 Å². The van der Waals surface area contributed by atoms with E-state index in [1.807, 2.05) is 4.90 Å². The highest BCUT2D eigenvalue weighted by Crippen LogP contribution is 2.32. The van der Waals surface area contributed by atoms with Gasteiger partial charge in [0.2, 0.25) is 0 Å². The number of aromatic nitrogens is 2. The van der Waals surface area contributed by atoms with Gasteiger partial charge in [-0.1, -0.05) is 0 Å². The second kappa shape index (κ2) is 12.0. The molecule has 0 saturated carbocycles. The minimum absolute atomic E-state index is 0.102. The number of carbonyl (C=O) groups excluding carboxylic acids is 2. The smallest absolute Gasteiger partial charge is 0.268 e. The number of carbonyl (C=O) groups is 2. The maximum atomic E-state index is 15.2. The molecule has 0 radical (unpaired) electrons. The number of nitrogens with zero attached hydrogens (tertiary/aromatic N) is 3. The van der Waals surface area contributed by atoms with Crippen LogP contribution in [-0.4, -0.2) is 34.3 Å². The van der Waals surface area contributed by atoms with Gasteiger partial charge in [-0.15, -0.1) is 0 Å². The van der Waals surface area contributed by atoms with E-state index in [-0.39, 0.29) is 28.5 Å². The molecule has 11 heteroatoms. The summed E-state index contributed by atoms with van der Waals surface area (Å²) in [6.45, 7) is 2.78. The molecule has 2 aromatic carbocycles. The van der Waals surface area contributed by atoms with Gasteiger partial charge in [0, 0.05) is 55.1 Å². The number of anilines is 2. The molecule has 2 aromatic heterocycles. The van der Waals surface area contributed by atoms with Crippen molar-refractivity contribution in [3.05, 3.63) is 112 Å². The molecule has 4 aromatic rings. The molecule has 3 N–H and O–H groups in total. The van der Waals surface area contributed by atoms with Crippen LogP contribution in [0, 0.1) is 18.6 Å². The average Bonchev–Trinajstić information content (AvgIpc) is 2.97. The fourth-order valence-corrected chi connectivity index (χ4v) is 4.62. The quantitative estimate of drug-likeness (QED) is 0.322. The number of rotatable bonds is 7. The highest BCUT2D eigenvalue weighted by molar-refractivity contribution is 6.04. The van der Waals surface area contributed by atoms with E-state index < -0.39 is 23.1 Å². The highest BCUT2D eigenvalue weighted by Gasteiger charge is 2.20. The first-order chi connectivity index (χ1) is 20.2. The minimum Gasteiger partial charge on any atom is -0.452 e. The van der Waals surface area contributed by atoms with Crippen molar-refractivity contribution < 1.29 is 23.1 Å². The van der Waals surface area contributed by atoms with Crippen molar-refractivity contribution in [3.63, 3.8) is 0 Å². The molecule has 1 amide bonds. The molecule has 0 unspecified atom stereocenters. The van der Waals surface area contributed by atoms with Crippen molar-refractivity contribution in [1.29, 1.82) is 0 Å². The van der Waals surface area contributed by atoms with Gasteiger partial charge in [0.25, 0.3) is 11.5 Å². The fraction of sp³-hybridized carbons (Fsp3) is 0.161. The lowest BCUT2D eigenvalue weighted by Crippen LogP contribution is -2.33. The van der Waals surface area contributed by atoms with Gasteiger partial charge in [-0.05, 0) is 67.7 Å². The van der Waals surface area contributed by atoms with Crippen molar-refractivity contribution in [1.82, 2.24) is 9.55 Å². The number of hydrogen-bond acceptors (Lipinski definition) is 7. The number of piperidine rings is 1. The third kappa shape index (κ3) is 6.04. The number of amides is 1. The van der Waals surface area contributed by atoms with Crippen LogP contribution in [0.15, 0.2) is 77.9 Å². The van der Waals surface area contributed by atoms with Gasteiger partial charge < -0.3 is 20.7 Å². The van der Waals surface area contributed by atoms with Crippen LogP contribution in [0.1, 0.15) is 34.6 Å². The molecule has 0 spiro atoms. The standard InChI is InChI=1S/C31H27F2N5O4/c1-19-2-8-25(31(41)38(19)22-6-3-20(32)4-7-22)30(40)36-21-5-9-28(26(33)16-21)42-29-17-23(18-35-27(29)10-13-34)37-14-11-24(39)12-15-37/h2-10,13,16-18H,11-12,14-15,34H2,1H3,(H,36,40). The van der Waals surface area contributed by atoms with Crippen molar-refractivity contribution >= 4 is 29.1 Å². The number of halogens is 2. The summed E-state index contributed by atoms with van der Waals surface area (Å²) in [6, 6.07) is 13.9. The number of hydrogen-bond donors (Lipinski definition) is 2. The molecule has 5 rings (SSSR count). The number of ketones is 1. The summed E-state index contributed by atoms with van der Waals surface area (Å²) in [5.74, 6) is -1.63. The van der Waals surface area contributed by atoms with Crippen LogP contribution in [0.2, 0.25) is 0 Å². The first kappa shape index (κ1) is 28.2. The molecule has 1 aliphatic heterocycles. The van der Waals surface area contributed by atoms with Gasteiger partial charge in [-0.25, -0.2) is 8.78 Å². The Bertz CT molecular complexity index is 1740. The first-order valence-corrected chi connectivity index (χ1v) is 13.2. The van der Waals surface area contributed by atoms with Crippen LogP contribution in [0.25, 0.3) is 11.8 Å². The predicted molar refractivity (Wildman–Crippen MR) is 155 cm³/mol. The maximum absolute atomic E-state index is 15.2.